The molecule has 0 amide bonds. The Labute approximate surface area is 150 Å². The number of anilines is 1. The van der Waals surface area contributed by atoms with Gasteiger partial charge in [0.15, 0.2) is 0 Å². The number of ether oxygens (including phenoxy) is 1. The Bertz CT molecular complexity index is 943. The number of hydrogen-bond donors (Lipinski definition) is 0. The van der Waals surface area contributed by atoms with Crippen LogP contribution < -0.4 is 10.5 Å². The molecule has 1 aromatic carbocycles. The van der Waals surface area contributed by atoms with Crippen LogP contribution in [0.1, 0.15) is 11.6 Å². The van der Waals surface area contributed by atoms with E-state index < -0.39 is 0 Å². The molecule has 1 aliphatic rings. The van der Waals surface area contributed by atoms with E-state index in [-0.39, 0.29) is 11.6 Å². The molecule has 0 saturated carbocycles. The van der Waals surface area contributed by atoms with Crippen molar-refractivity contribution >= 4 is 5.95 Å². The standard InChI is InChI=1S/C19H19N5O2/c1-23-18(25)11-16(15-7-8-20-13-21-15)22-19(23)24-9-10-26-12-17(24)14-5-3-2-4-6-14/h2-8,11,13,17H,9-10,12H2,1H3. The van der Waals surface area contributed by atoms with Crippen molar-refractivity contribution in [2.75, 3.05) is 24.7 Å². The van der Waals surface area contributed by atoms with Gasteiger partial charge in [0, 0.05) is 25.9 Å². The average molecular weight is 349 g/mol. The number of benzene rings is 1. The van der Waals surface area contributed by atoms with E-state index in [9.17, 15) is 4.79 Å². The number of rotatable bonds is 3. The zero-order valence-electron chi connectivity index (χ0n) is 14.4. The van der Waals surface area contributed by atoms with Crippen molar-refractivity contribution in [1.29, 1.82) is 0 Å². The maximum Gasteiger partial charge on any atom is 0.255 e. The topological polar surface area (TPSA) is 73.1 Å². The fourth-order valence-electron chi connectivity index (χ4n) is 3.15. The minimum atomic E-state index is -0.123. The van der Waals surface area contributed by atoms with Crippen molar-refractivity contribution in [1.82, 2.24) is 19.5 Å². The van der Waals surface area contributed by atoms with Crippen molar-refractivity contribution in [3.8, 4) is 11.4 Å². The zero-order chi connectivity index (χ0) is 17.9. The molecule has 3 aromatic rings. The fourth-order valence-corrected chi connectivity index (χ4v) is 3.15. The first-order valence-corrected chi connectivity index (χ1v) is 8.48. The van der Waals surface area contributed by atoms with Crippen molar-refractivity contribution < 1.29 is 4.74 Å². The Hall–Kier alpha value is -3.06. The van der Waals surface area contributed by atoms with E-state index in [1.165, 1.54) is 12.4 Å². The molecule has 1 atom stereocenters. The van der Waals surface area contributed by atoms with Gasteiger partial charge in [0.2, 0.25) is 5.95 Å². The average Bonchev–Trinajstić information content (AvgIpc) is 2.71. The van der Waals surface area contributed by atoms with E-state index in [1.54, 1.807) is 23.9 Å². The number of nitrogens with zero attached hydrogens (tertiary/aromatic N) is 5. The van der Waals surface area contributed by atoms with Gasteiger partial charge in [-0.05, 0) is 11.6 Å². The fraction of sp³-hybridized carbons (Fsp3) is 0.263. The van der Waals surface area contributed by atoms with Crippen molar-refractivity contribution in [2.45, 2.75) is 6.04 Å². The second kappa shape index (κ2) is 7.05. The molecule has 1 aliphatic heterocycles. The molecule has 1 saturated heterocycles. The van der Waals surface area contributed by atoms with Gasteiger partial charge < -0.3 is 9.64 Å². The molecule has 0 bridgehead atoms. The maximum absolute atomic E-state index is 12.5. The molecule has 0 N–H and O–H groups in total. The van der Waals surface area contributed by atoms with Crippen LogP contribution in [0.5, 0.6) is 0 Å². The summed E-state index contributed by atoms with van der Waals surface area (Å²) in [5, 5.41) is 0. The SMILES string of the molecule is Cn1c(N2CCOCC2c2ccccc2)nc(-c2ccncn2)cc1=O. The monoisotopic (exact) mass is 349 g/mol. The van der Waals surface area contributed by atoms with Gasteiger partial charge in [-0.3, -0.25) is 9.36 Å². The van der Waals surface area contributed by atoms with Crippen LogP contribution in [0.15, 0.2) is 59.8 Å². The molecule has 26 heavy (non-hydrogen) atoms. The van der Waals surface area contributed by atoms with Crippen LogP contribution in [0.4, 0.5) is 5.95 Å². The molecule has 1 fully saturated rings. The summed E-state index contributed by atoms with van der Waals surface area (Å²) in [7, 11) is 1.74. The predicted molar refractivity (Wildman–Crippen MR) is 97.9 cm³/mol. The summed E-state index contributed by atoms with van der Waals surface area (Å²) in [6, 6.07) is 13.4. The number of morpholine rings is 1. The minimum absolute atomic E-state index is 0.00343. The zero-order valence-corrected chi connectivity index (χ0v) is 14.4. The summed E-state index contributed by atoms with van der Waals surface area (Å²) < 4.78 is 7.27. The summed E-state index contributed by atoms with van der Waals surface area (Å²) in [6.45, 7) is 1.81. The van der Waals surface area contributed by atoms with Crippen molar-refractivity contribution in [3.05, 3.63) is 70.9 Å². The quantitative estimate of drug-likeness (QED) is 0.718. The lowest BCUT2D eigenvalue weighted by molar-refractivity contribution is 0.0928. The lowest BCUT2D eigenvalue weighted by Gasteiger charge is -2.37. The first-order chi connectivity index (χ1) is 12.7. The normalized spacial score (nSPS) is 17.3. The van der Waals surface area contributed by atoms with Gasteiger partial charge in [0.1, 0.15) is 6.33 Å². The Morgan fingerprint density at radius 3 is 2.77 bits per heavy atom. The Morgan fingerprint density at radius 1 is 1.15 bits per heavy atom. The molecular weight excluding hydrogens is 330 g/mol. The highest BCUT2D eigenvalue weighted by atomic mass is 16.5. The molecule has 7 heteroatoms. The highest BCUT2D eigenvalue weighted by Crippen LogP contribution is 2.28. The van der Waals surface area contributed by atoms with Gasteiger partial charge in [-0.15, -0.1) is 0 Å². The van der Waals surface area contributed by atoms with Crippen LogP contribution in [0.3, 0.4) is 0 Å². The summed E-state index contributed by atoms with van der Waals surface area (Å²) in [4.78, 5) is 27.6. The van der Waals surface area contributed by atoms with Gasteiger partial charge in [0.25, 0.3) is 5.56 Å². The van der Waals surface area contributed by atoms with Crippen LogP contribution in [-0.2, 0) is 11.8 Å². The van der Waals surface area contributed by atoms with Crippen molar-refractivity contribution in [3.63, 3.8) is 0 Å². The number of aromatic nitrogens is 4. The highest BCUT2D eigenvalue weighted by Gasteiger charge is 2.28. The van der Waals surface area contributed by atoms with Crippen LogP contribution in [0, 0.1) is 0 Å². The first-order valence-electron chi connectivity index (χ1n) is 8.48. The molecule has 0 aliphatic carbocycles. The maximum atomic E-state index is 12.5. The van der Waals surface area contributed by atoms with E-state index in [2.05, 4.69) is 27.0 Å². The van der Waals surface area contributed by atoms with E-state index in [1.807, 2.05) is 18.2 Å². The van der Waals surface area contributed by atoms with Gasteiger partial charge in [-0.1, -0.05) is 30.3 Å². The molecule has 7 nitrogen and oxygen atoms in total. The molecule has 2 aromatic heterocycles. The third-order valence-corrected chi connectivity index (χ3v) is 4.53. The van der Waals surface area contributed by atoms with Gasteiger partial charge in [-0.2, -0.15) is 0 Å². The van der Waals surface area contributed by atoms with Crippen LogP contribution in [0.25, 0.3) is 11.4 Å². The summed E-state index contributed by atoms with van der Waals surface area (Å²) >= 11 is 0. The first kappa shape index (κ1) is 16.4. The molecule has 132 valence electrons. The van der Waals surface area contributed by atoms with Gasteiger partial charge >= 0.3 is 0 Å². The van der Waals surface area contributed by atoms with E-state index >= 15 is 0 Å². The largest absolute Gasteiger partial charge is 0.377 e. The summed E-state index contributed by atoms with van der Waals surface area (Å²) in [5.74, 6) is 0.614. The second-order valence-electron chi connectivity index (χ2n) is 6.13. The second-order valence-corrected chi connectivity index (χ2v) is 6.13. The Balaban J connectivity index is 1.80. The smallest absolute Gasteiger partial charge is 0.255 e. The summed E-state index contributed by atoms with van der Waals surface area (Å²) in [6.07, 6.45) is 3.10. The highest BCUT2D eigenvalue weighted by molar-refractivity contribution is 5.55. The van der Waals surface area contributed by atoms with Crippen LogP contribution in [0.2, 0.25) is 0 Å². The Kier molecular flexibility index (Phi) is 4.45. The van der Waals surface area contributed by atoms with E-state index in [0.29, 0.717) is 37.1 Å². The lowest BCUT2D eigenvalue weighted by atomic mass is 10.1. The van der Waals surface area contributed by atoms with Crippen molar-refractivity contribution in [2.24, 2.45) is 7.05 Å². The molecular formula is C19H19N5O2. The minimum Gasteiger partial charge on any atom is -0.377 e. The van der Waals surface area contributed by atoms with Crippen LogP contribution in [-0.4, -0.2) is 39.3 Å². The Morgan fingerprint density at radius 2 is 2.00 bits per heavy atom. The summed E-state index contributed by atoms with van der Waals surface area (Å²) in [5.41, 5.74) is 2.18. The predicted octanol–water partition coefficient (Wildman–Crippen LogP) is 1.82. The molecule has 1 unspecified atom stereocenters. The van der Waals surface area contributed by atoms with Gasteiger partial charge in [0.05, 0.1) is 30.6 Å². The van der Waals surface area contributed by atoms with Crippen LogP contribution >= 0.6 is 0 Å². The molecule has 3 heterocycles. The molecule has 0 spiro atoms. The van der Waals surface area contributed by atoms with E-state index in [4.69, 9.17) is 9.72 Å². The van der Waals surface area contributed by atoms with E-state index in [0.717, 1.165) is 5.56 Å². The molecule has 4 rings (SSSR count). The lowest BCUT2D eigenvalue weighted by Crippen LogP contribution is -2.42. The number of hydrogen-bond acceptors (Lipinski definition) is 6. The third-order valence-electron chi connectivity index (χ3n) is 4.53. The molecule has 0 radical (unpaired) electrons. The van der Waals surface area contributed by atoms with Gasteiger partial charge in [-0.25, -0.2) is 15.0 Å². The third kappa shape index (κ3) is 3.09.